The van der Waals surface area contributed by atoms with Crippen molar-refractivity contribution >= 4 is 17.6 Å². The van der Waals surface area contributed by atoms with Crippen molar-refractivity contribution in [3.8, 4) is 0 Å². The van der Waals surface area contributed by atoms with E-state index in [1.807, 2.05) is 0 Å². The van der Waals surface area contributed by atoms with E-state index in [0.717, 1.165) is 19.1 Å². The molecule has 1 atom stereocenters. The van der Waals surface area contributed by atoms with Gasteiger partial charge in [0.1, 0.15) is 11.6 Å². The second-order valence-corrected chi connectivity index (χ2v) is 6.25. The summed E-state index contributed by atoms with van der Waals surface area (Å²) in [6.45, 7) is 0.551. The van der Waals surface area contributed by atoms with E-state index in [1.54, 1.807) is 0 Å². The van der Waals surface area contributed by atoms with Crippen molar-refractivity contribution < 1.29 is 49.4 Å². The van der Waals surface area contributed by atoms with E-state index in [2.05, 4.69) is 4.74 Å². The molecule has 0 aliphatic heterocycles. The van der Waals surface area contributed by atoms with Gasteiger partial charge in [-0.15, -0.1) is 0 Å². The summed E-state index contributed by atoms with van der Waals surface area (Å²) in [5, 5.41) is 2.73. The van der Waals surface area contributed by atoms with Gasteiger partial charge in [0.25, 0.3) is 5.91 Å². The Morgan fingerprint density at radius 1 is 0.969 bits per heavy atom. The zero-order valence-corrected chi connectivity index (χ0v) is 16.0. The molecule has 2 rings (SSSR count). The van der Waals surface area contributed by atoms with E-state index in [4.69, 9.17) is 0 Å². The van der Waals surface area contributed by atoms with Gasteiger partial charge in [-0.1, -0.05) is 6.07 Å². The Kier molecular flexibility index (Phi) is 7.00. The minimum Gasteiger partial charge on any atom is -0.463 e. The lowest BCUT2D eigenvalue weighted by Crippen LogP contribution is -2.69. The molecule has 0 saturated carbocycles. The Balaban J connectivity index is 2.57. The zero-order chi connectivity index (χ0) is 24.3. The van der Waals surface area contributed by atoms with Crippen LogP contribution in [0.15, 0.2) is 42.5 Å². The van der Waals surface area contributed by atoms with Gasteiger partial charge in [-0.25, -0.2) is 13.6 Å². The SMILES string of the molecule is CCOC(=O)[C@@](NC(=O)c1cccc(C(F)(F)F)c1)(Nc1ccc(F)cc1F)C(F)(F)F. The number of esters is 1. The fourth-order valence-electron chi connectivity index (χ4n) is 2.50. The quantitative estimate of drug-likeness (QED) is 0.367. The molecule has 1 amide bonds. The molecule has 0 aliphatic rings. The van der Waals surface area contributed by atoms with Crippen LogP contribution in [0.5, 0.6) is 0 Å². The lowest BCUT2D eigenvalue weighted by molar-refractivity contribution is -0.204. The molecule has 0 unspecified atom stereocenters. The fourth-order valence-corrected chi connectivity index (χ4v) is 2.50. The Labute approximate surface area is 175 Å². The highest BCUT2D eigenvalue weighted by molar-refractivity contribution is 5.99. The van der Waals surface area contributed by atoms with Crippen LogP contribution >= 0.6 is 0 Å². The maximum Gasteiger partial charge on any atom is 0.441 e. The molecule has 32 heavy (non-hydrogen) atoms. The van der Waals surface area contributed by atoms with E-state index >= 15 is 0 Å². The van der Waals surface area contributed by atoms with Crippen LogP contribution in [-0.2, 0) is 15.7 Å². The van der Waals surface area contributed by atoms with Gasteiger partial charge in [-0.2, -0.15) is 26.3 Å². The lowest BCUT2D eigenvalue weighted by atomic mass is 10.1. The summed E-state index contributed by atoms with van der Waals surface area (Å²) in [6.07, 6.45) is -10.6. The van der Waals surface area contributed by atoms with Crippen LogP contribution in [0.2, 0.25) is 0 Å². The number of amides is 1. The zero-order valence-electron chi connectivity index (χ0n) is 16.0. The third-order valence-electron chi connectivity index (χ3n) is 4.01. The summed E-state index contributed by atoms with van der Waals surface area (Å²) in [6, 6.07) is 3.70. The molecule has 0 spiro atoms. The molecule has 5 nitrogen and oxygen atoms in total. The molecule has 0 bridgehead atoms. The summed E-state index contributed by atoms with van der Waals surface area (Å²) in [5.41, 5.74) is -7.37. The largest absolute Gasteiger partial charge is 0.463 e. The van der Waals surface area contributed by atoms with E-state index < -0.39 is 64.9 Å². The second kappa shape index (κ2) is 9.01. The van der Waals surface area contributed by atoms with Gasteiger partial charge in [0.15, 0.2) is 0 Å². The second-order valence-electron chi connectivity index (χ2n) is 6.25. The van der Waals surface area contributed by atoms with Gasteiger partial charge in [0, 0.05) is 11.6 Å². The highest BCUT2D eigenvalue weighted by Gasteiger charge is 2.64. The normalized spacial score (nSPS) is 13.8. The number of hydrogen-bond donors (Lipinski definition) is 2. The van der Waals surface area contributed by atoms with Gasteiger partial charge in [-0.3, -0.25) is 4.79 Å². The molecular formula is C19H14F8N2O3. The first-order valence-electron chi connectivity index (χ1n) is 8.68. The summed E-state index contributed by atoms with van der Waals surface area (Å²) >= 11 is 0. The number of anilines is 1. The van der Waals surface area contributed by atoms with Crippen molar-refractivity contribution in [2.45, 2.75) is 24.9 Å². The van der Waals surface area contributed by atoms with Crippen molar-refractivity contribution in [1.82, 2.24) is 5.32 Å². The molecular weight excluding hydrogens is 456 g/mol. The molecule has 0 heterocycles. The maximum absolute atomic E-state index is 14.0. The monoisotopic (exact) mass is 470 g/mol. The number of nitrogens with one attached hydrogen (secondary N) is 2. The standard InChI is InChI=1S/C19H14F8N2O3/c1-2-32-16(31)17(19(25,26)27,28-14-7-6-12(20)9-13(14)21)29-15(30)10-4-3-5-11(8-10)18(22,23)24/h3-9,28H,2H2,1H3,(H,29,30)/t17-/m0/s1. The fraction of sp³-hybridized carbons (Fsp3) is 0.263. The third-order valence-corrected chi connectivity index (χ3v) is 4.01. The van der Waals surface area contributed by atoms with Crippen LogP contribution in [0.4, 0.5) is 40.8 Å². The minimum absolute atomic E-state index is 0.212. The van der Waals surface area contributed by atoms with E-state index in [-0.39, 0.29) is 12.1 Å². The van der Waals surface area contributed by atoms with E-state index in [0.29, 0.717) is 18.2 Å². The number of carbonyl (C=O) groups is 2. The number of rotatable bonds is 6. The van der Waals surface area contributed by atoms with Gasteiger partial charge in [-0.05, 0) is 37.3 Å². The number of halogens is 8. The van der Waals surface area contributed by atoms with Crippen molar-refractivity contribution in [2.75, 3.05) is 11.9 Å². The molecule has 0 fully saturated rings. The molecule has 174 valence electrons. The number of benzene rings is 2. The number of alkyl halides is 6. The Hall–Kier alpha value is -3.38. The van der Waals surface area contributed by atoms with Crippen LogP contribution in [-0.4, -0.2) is 30.3 Å². The third kappa shape index (κ3) is 5.26. The lowest BCUT2D eigenvalue weighted by Gasteiger charge is -2.35. The summed E-state index contributed by atoms with van der Waals surface area (Å²) in [4.78, 5) is 24.7. The molecule has 0 saturated heterocycles. The smallest absolute Gasteiger partial charge is 0.441 e. The van der Waals surface area contributed by atoms with Crippen molar-refractivity contribution in [3.05, 3.63) is 65.2 Å². The first-order chi connectivity index (χ1) is 14.7. The summed E-state index contributed by atoms with van der Waals surface area (Å²) in [5.74, 6) is -6.57. The summed E-state index contributed by atoms with van der Waals surface area (Å²) < 4.78 is 112. The molecule has 2 N–H and O–H groups in total. The summed E-state index contributed by atoms with van der Waals surface area (Å²) in [7, 11) is 0. The average Bonchev–Trinajstić information content (AvgIpc) is 2.68. The Morgan fingerprint density at radius 3 is 2.16 bits per heavy atom. The van der Waals surface area contributed by atoms with Crippen molar-refractivity contribution in [3.63, 3.8) is 0 Å². The highest BCUT2D eigenvalue weighted by Crippen LogP contribution is 2.35. The molecule has 0 aromatic heterocycles. The average molecular weight is 470 g/mol. The van der Waals surface area contributed by atoms with Crippen LogP contribution < -0.4 is 10.6 Å². The van der Waals surface area contributed by atoms with Crippen LogP contribution in [0.3, 0.4) is 0 Å². The van der Waals surface area contributed by atoms with Gasteiger partial charge in [0.05, 0.1) is 17.9 Å². The predicted molar refractivity (Wildman–Crippen MR) is 94.3 cm³/mol. The number of ether oxygens (including phenoxy) is 1. The molecule has 0 radical (unpaired) electrons. The minimum atomic E-state index is -5.68. The molecule has 2 aromatic rings. The van der Waals surface area contributed by atoms with Crippen LogP contribution in [0.25, 0.3) is 0 Å². The highest BCUT2D eigenvalue weighted by atomic mass is 19.4. The number of carbonyl (C=O) groups excluding carboxylic acids is 2. The van der Waals surface area contributed by atoms with Gasteiger partial charge < -0.3 is 15.4 Å². The van der Waals surface area contributed by atoms with Crippen molar-refractivity contribution in [1.29, 1.82) is 0 Å². The van der Waals surface area contributed by atoms with Crippen LogP contribution in [0, 0.1) is 11.6 Å². The molecule has 13 heteroatoms. The maximum atomic E-state index is 14.0. The predicted octanol–water partition coefficient (Wildman–Crippen LogP) is 4.65. The van der Waals surface area contributed by atoms with E-state index in [9.17, 15) is 44.7 Å². The molecule has 0 aliphatic carbocycles. The van der Waals surface area contributed by atoms with Gasteiger partial charge >= 0.3 is 24.0 Å². The van der Waals surface area contributed by atoms with Crippen molar-refractivity contribution in [2.24, 2.45) is 0 Å². The van der Waals surface area contributed by atoms with Gasteiger partial charge in [0.2, 0.25) is 0 Å². The molecule has 2 aromatic carbocycles. The first-order valence-corrected chi connectivity index (χ1v) is 8.68. The Morgan fingerprint density at radius 2 is 1.62 bits per heavy atom. The topological polar surface area (TPSA) is 67.4 Å². The number of hydrogen-bond acceptors (Lipinski definition) is 4. The van der Waals surface area contributed by atoms with E-state index in [1.165, 1.54) is 10.6 Å². The van der Waals surface area contributed by atoms with Crippen LogP contribution in [0.1, 0.15) is 22.8 Å². The first kappa shape index (κ1) is 24.9. The Bertz CT molecular complexity index is 1010.